The minimum absolute atomic E-state index is 0.0662. The predicted molar refractivity (Wildman–Crippen MR) is 139 cm³/mol. The molecule has 0 radical (unpaired) electrons. The van der Waals surface area contributed by atoms with E-state index in [4.69, 9.17) is 14.2 Å². The number of hydrogen-bond acceptors (Lipinski definition) is 6. The van der Waals surface area contributed by atoms with E-state index in [0.29, 0.717) is 46.9 Å². The molecule has 7 rings (SSSR count). The number of methoxy groups -OCH3 is 1. The van der Waals surface area contributed by atoms with Gasteiger partial charge in [0.15, 0.2) is 11.5 Å². The van der Waals surface area contributed by atoms with Crippen LogP contribution in [-0.4, -0.2) is 46.8 Å². The maximum Gasteiger partial charge on any atom is 0.343 e. The second kappa shape index (κ2) is 8.47. The van der Waals surface area contributed by atoms with Gasteiger partial charge in [-0.25, -0.2) is 4.79 Å². The molecule has 200 valence electrons. The molecule has 1 saturated carbocycles. The van der Waals surface area contributed by atoms with E-state index in [9.17, 15) is 9.90 Å². The van der Waals surface area contributed by atoms with Crippen LogP contribution in [0.1, 0.15) is 78.6 Å². The summed E-state index contributed by atoms with van der Waals surface area (Å²) in [6.45, 7) is 6.30. The minimum Gasteiger partial charge on any atom is -0.492 e. The first kappa shape index (κ1) is 24.0. The Labute approximate surface area is 220 Å². The molecule has 1 N–H and O–H groups in total. The number of rotatable bonds is 1. The third kappa shape index (κ3) is 3.27. The molecule has 3 saturated heterocycles. The van der Waals surface area contributed by atoms with Crippen LogP contribution in [0.5, 0.6) is 0 Å². The monoisotopic (exact) mass is 507 g/mol. The highest BCUT2D eigenvalue weighted by molar-refractivity contribution is 5.93. The summed E-state index contributed by atoms with van der Waals surface area (Å²) >= 11 is 0. The van der Waals surface area contributed by atoms with Gasteiger partial charge in [0.05, 0.1) is 18.3 Å². The summed E-state index contributed by atoms with van der Waals surface area (Å²) in [5, 5.41) is 12.8. The van der Waals surface area contributed by atoms with Crippen LogP contribution < -0.4 is 0 Å². The van der Waals surface area contributed by atoms with Gasteiger partial charge in [0, 0.05) is 35.9 Å². The maximum atomic E-state index is 12.8. The Bertz CT molecular complexity index is 1150. The summed E-state index contributed by atoms with van der Waals surface area (Å²) in [7, 11) is 1.58. The lowest BCUT2D eigenvalue weighted by Crippen LogP contribution is -2.72. The van der Waals surface area contributed by atoms with Crippen molar-refractivity contribution in [2.45, 2.75) is 102 Å². The molecule has 0 aromatic carbocycles. The fourth-order valence-electron chi connectivity index (χ4n) is 9.44. The Balaban J connectivity index is 1.28. The van der Waals surface area contributed by atoms with E-state index < -0.39 is 5.60 Å². The summed E-state index contributed by atoms with van der Waals surface area (Å²) in [6.07, 6.45) is 14.7. The zero-order valence-electron chi connectivity index (χ0n) is 22.7. The molecule has 0 bridgehead atoms. The third-order valence-corrected chi connectivity index (χ3v) is 11.1. The molecule has 5 aliphatic heterocycles. The average molecular weight is 508 g/mol. The van der Waals surface area contributed by atoms with Crippen molar-refractivity contribution in [3.63, 3.8) is 0 Å². The molecular weight excluding hydrogens is 466 g/mol. The van der Waals surface area contributed by atoms with Crippen LogP contribution in [-0.2, 0) is 19.0 Å². The van der Waals surface area contributed by atoms with Gasteiger partial charge < -0.3 is 19.3 Å². The normalized spacial score (nSPS) is 47.0. The Hall–Kier alpha value is -2.05. The molecule has 7 aliphatic rings. The summed E-state index contributed by atoms with van der Waals surface area (Å²) in [5.41, 5.74) is 1.40. The van der Waals surface area contributed by atoms with Crippen molar-refractivity contribution >= 4 is 5.97 Å². The van der Waals surface area contributed by atoms with Crippen molar-refractivity contribution in [2.75, 3.05) is 7.11 Å². The molecule has 0 spiro atoms. The van der Waals surface area contributed by atoms with Gasteiger partial charge in [-0.05, 0) is 76.2 Å². The van der Waals surface area contributed by atoms with Crippen molar-refractivity contribution in [3.8, 4) is 0 Å². The van der Waals surface area contributed by atoms with Gasteiger partial charge in [-0.1, -0.05) is 31.9 Å². The number of carbonyl (C=O) groups is 1. The fourth-order valence-corrected chi connectivity index (χ4v) is 9.44. The zero-order chi connectivity index (χ0) is 25.6. The number of allylic oxidation sites excluding steroid dienone is 2. The molecule has 37 heavy (non-hydrogen) atoms. The molecular formula is C31H41NO5. The lowest BCUT2D eigenvalue weighted by molar-refractivity contribution is -0.203. The largest absolute Gasteiger partial charge is 0.492 e. The van der Waals surface area contributed by atoms with Crippen LogP contribution in [0, 0.1) is 29.6 Å². The van der Waals surface area contributed by atoms with E-state index in [2.05, 4.69) is 30.9 Å². The second-order valence-corrected chi connectivity index (χ2v) is 12.9. The van der Waals surface area contributed by atoms with Crippen molar-refractivity contribution in [1.82, 2.24) is 4.90 Å². The summed E-state index contributed by atoms with van der Waals surface area (Å²) < 4.78 is 17.8. The van der Waals surface area contributed by atoms with Gasteiger partial charge in [0.25, 0.3) is 0 Å². The van der Waals surface area contributed by atoms with Crippen molar-refractivity contribution in [3.05, 3.63) is 46.3 Å². The Morgan fingerprint density at radius 2 is 1.95 bits per heavy atom. The van der Waals surface area contributed by atoms with Crippen molar-refractivity contribution < 1.29 is 24.1 Å². The molecule has 0 amide bonds. The highest BCUT2D eigenvalue weighted by atomic mass is 16.6. The molecule has 9 atom stereocenters. The van der Waals surface area contributed by atoms with Gasteiger partial charge in [-0.3, -0.25) is 4.90 Å². The molecule has 6 heteroatoms. The first-order valence-corrected chi connectivity index (χ1v) is 14.6. The lowest BCUT2D eigenvalue weighted by atomic mass is 9.54. The predicted octanol–water partition coefficient (Wildman–Crippen LogP) is 5.35. The van der Waals surface area contributed by atoms with E-state index >= 15 is 0 Å². The smallest absolute Gasteiger partial charge is 0.343 e. The number of piperidine rings is 2. The quantitative estimate of drug-likeness (QED) is 0.381. The topological polar surface area (TPSA) is 68.2 Å². The Morgan fingerprint density at radius 1 is 1.11 bits per heavy atom. The standard InChI is InChI=1S/C31H41NO5/c1-16-8-9-19-10-11-20-15-21-12-13-24-26(17(2)28(36-24)29-27(35-4)18(3)30(33)37-29)23-6-5-7-25(32(21)23)31(20,34)22(19)14-16/h9,13,16-17,20-23,25-26,34H,5-8,10-12,14-15H2,1-4H3. The van der Waals surface area contributed by atoms with E-state index in [-0.39, 0.29) is 23.8 Å². The summed E-state index contributed by atoms with van der Waals surface area (Å²) in [6, 6.07) is 0.976. The summed E-state index contributed by atoms with van der Waals surface area (Å²) in [5.74, 6) is 3.91. The second-order valence-electron chi connectivity index (χ2n) is 12.9. The van der Waals surface area contributed by atoms with Gasteiger partial charge in [0.2, 0.25) is 5.76 Å². The van der Waals surface area contributed by atoms with Gasteiger partial charge in [-0.2, -0.15) is 0 Å². The first-order chi connectivity index (χ1) is 17.8. The van der Waals surface area contributed by atoms with Gasteiger partial charge >= 0.3 is 5.97 Å². The average Bonchev–Trinajstić information content (AvgIpc) is 3.31. The zero-order valence-corrected chi connectivity index (χ0v) is 22.7. The number of hydrogen-bond donors (Lipinski definition) is 1. The van der Waals surface area contributed by atoms with Crippen molar-refractivity contribution in [2.24, 2.45) is 29.6 Å². The minimum atomic E-state index is -0.632. The van der Waals surface area contributed by atoms with Crippen molar-refractivity contribution in [1.29, 1.82) is 0 Å². The molecule has 0 aromatic heterocycles. The highest BCUT2D eigenvalue weighted by Gasteiger charge is 2.63. The third-order valence-electron chi connectivity index (χ3n) is 11.1. The van der Waals surface area contributed by atoms with Gasteiger partial charge in [-0.15, -0.1) is 0 Å². The van der Waals surface area contributed by atoms with Crippen LogP contribution in [0.25, 0.3) is 0 Å². The number of aliphatic hydroxyl groups is 1. The number of carbonyl (C=O) groups excluding carboxylic acids is 1. The SMILES string of the molecule is COC1=C(C)C(=O)OC1=C1OC2=CCC3CC4CCC5=CCC(C)CC5C4(O)C4CCCC(C2C1C)N34. The van der Waals surface area contributed by atoms with Crippen LogP contribution in [0.3, 0.4) is 0 Å². The number of fused-ring (bicyclic) bond motifs is 6. The number of cyclic esters (lactones) is 1. The molecule has 4 fully saturated rings. The van der Waals surface area contributed by atoms with E-state index in [1.165, 1.54) is 12.0 Å². The van der Waals surface area contributed by atoms with E-state index in [1.54, 1.807) is 14.0 Å². The molecule has 9 unspecified atom stereocenters. The number of ether oxygens (including phenoxy) is 3. The fraction of sp³-hybridized carbons (Fsp3) is 0.710. The Kier molecular flexibility index (Phi) is 5.50. The summed E-state index contributed by atoms with van der Waals surface area (Å²) in [4.78, 5) is 15.1. The van der Waals surface area contributed by atoms with Crippen LogP contribution >= 0.6 is 0 Å². The van der Waals surface area contributed by atoms with E-state index in [0.717, 1.165) is 62.9 Å². The van der Waals surface area contributed by atoms with Crippen LogP contribution in [0.4, 0.5) is 0 Å². The number of esters is 1. The van der Waals surface area contributed by atoms with Crippen LogP contribution in [0.2, 0.25) is 0 Å². The molecule has 6 nitrogen and oxygen atoms in total. The highest BCUT2D eigenvalue weighted by Crippen LogP contribution is 2.59. The number of nitrogens with zero attached hydrogens (tertiary/aromatic N) is 1. The molecule has 5 heterocycles. The maximum absolute atomic E-state index is 12.8. The Morgan fingerprint density at radius 3 is 2.76 bits per heavy atom. The molecule has 0 aromatic rings. The molecule has 2 aliphatic carbocycles. The lowest BCUT2D eigenvalue weighted by Gasteiger charge is -2.64. The van der Waals surface area contributed by atoms with E-state index in [1.807, 2.05) is 0 Å². The van der Waals surface area contributed by atoms with Crippen LogP contribution in [0.15, 0.2) is 46.3 Å². The van der Waals surface area contributed by atoms with Gasteiger partial charge in [0.1, 0.15) is 5.76 Å². The first-order valence-electron chi connectivity index (χ1n) is 14.6.